The van der Waals surface area contributed by atoms with Crippen LogP contribution in [-0.2, 0) is 5.41 Å². The lowest BCUT2D eigenvalue weighted by atomic mass is 9.66. The molecule has 40 heavy (non-hydrogen) atoms. The predicted octanol–water partition coefficient (Wildman–Crippen LogP) is 8.29. The minimum absolute atomic E-state index is 0.465. The monoisotopic (exact) mass is 515 g/mol. The number of aromatic nitrogens is 3. The van der Waals surface area contributed by atoms with Crippen LogP contribution in [0.4, 0.5) is 0 Å². The Balaban J connectivity index is 1.38. The van der Waals surface area contributed by atoms with Crippen molar-refractivity contribution in [2.45, 2.75) is 19.3 Å². The molecule has 0 atom stereocenters. The van der Waals surface area contributed by atoms with Crippen molar-refractivity contribution in [1.29, 1.82) is 0 Å². The molecule has 190 valence electrons. The van der Waals surface area contributed by atoms with Gasteiger partial charge >= 0.3 is 0 Å². The minimum atomic E-state index is -0.465. The van der Waals surface area contributed by atoms with E-state index in [2.05, 4.69) is 130 Å². The molecule has 6 aromatic rings. The molecule has 4 nitrogen and oxygen atoms in total. The third-order valence-corrected chi connectivity index (χ3v) is 8.18. The van der Waals surface area contributed by atoms with Crippen molar-refractivity contribution in [3.8, 4) is 45.1 Å². The number of aryl methyl sites for hydroxylation is 2. The van der Waals surface area contributed by atoms with Gasteiger partial charge in [0.15, 0.2) is 5.82 Å². The lowest BCUT2D eigenvalue weighted by molar-refractivity contribution is 0.436. The van der Waals surface area contributed by atoms with Gasteiger partial charge in [0, 0.05) is 16.7 Å². The van der Waals surface area contributed by atoms with Crippen molar-refractivity contribution in [3.63, 3.8) is 0 Å². The van der Waals surface area contributed by atoms with Crippen LogP contribution in [0, 0.1) is 13.8 Å². The lowest BCUT2D eigenvalue weighted by Crippen LogP contribution is -2.32. The number of nitrogens with zero attached hydrogens (tertiary/aromatic N) is 3. The van der Waals surface area contributed by atoms with Gasteiger partial charge in [-0.05, 0) is 59.4 Å². The van der Waals surface area contributed by atoms with E-state index in [1.54, 1.807) is 0 Å². The van der Waals surface area contributed by atoms with E-state index in [4.69, 9.17) is 4.74 Å². The van der Waals surface area contributed by atoms with Crippen LogP contribution >= 0.6 is 0 Å². The first-order valence-corrected chi connectivity index (χ1v) is 13.5. The molecule has 0 N–H and O–H groups in total. The highest BCUT2D eigenvalue weighted by molar-refractivity contribution is 5.96. The Bertz CT molecular complexity index is 1890. The molecule has 1 spiro atoms. The van der Waals surface area contributed by atoms with Gasteiger partial charge in [-0.1, -0.05) is 103 Å². The van der Waals surface area contributed by atoms with Gasteiger partial charge in [0.1, 0.15) is 23.1 Å². The van der Waals surface area contributed by atoms with Gasteiger partial charge in [0.25, 0.3) is 0 Å². The van der Waals surface area contributed by atoms with Crippen LogP contribution in [0.5, 0.6) is 11.5 Å². The standard InChI is InChI=1S/C36H25N3O/c1-22-37-23(2)39-35(38-22)25-20-18-24(19-21-25)26-11-9-15-31-34(26)27-10-3-4-12-28(27)36(31)29-13-5-7-16-32(29)40-33-17-8-6-14-30(33)36/h3-21H,1-2H3. The zero-order chi connectivity index (χ0) is 26.8. The van der Waals surface area contributed by atoms with Crippen molar-refractivity contribution >= 4 is 0 Å². The second-order valence-corrected chi connectivity index (χ2v) is 10.4. The van der Waals surface area contributed by atoms with Crippen molar-refractivity contribution in [3.05, 3.63) is 149 Å². The summed E-state index contributed by atoms with van der Waals surface area (Å²) in [5.74, 6) is 3.97. The maximum absolute atomic E-state index is 6.46. The zero-order valence-electron chi connectivity index (χ0n) is 22.2. The van der Waals surface area contributed by atoms with Crippen LogP contribution in [0.3, 0.4) is 0 Å². The molecule has 1 aliphatic carbocycles. The third kappa shape index (κ3) is 3.10. The number of benzene rings is 5. The predicted molar refractivity (Wildman–Crippen MR) is 158 cm³/mol. The summed E-state index contributed by atoms with van der Waals surface area (Å²) < 4.78 is 6.46. The van der Waals surface area contributed by atoms with E-state index in [0.29, 0.717) is 5.82 Å². The average Bonchev–Trinajstić information content (AvgIpc) is 3.28. The minimum Gasteiger partial charge on any atom is -0.457 e. The Hall–Kier alpha value is -5.09. The summed E-state index contributed by atoms with van der Waals surface area (Å²) in [7, 11) is 0. The van der Waals surface area contributed by atoms with E-state index >= 15 is 0 Å². The third-order valence-electron chi connectivity index (χ3n) is 8.18. The molecule has 8 rings (SSSR count). The topological polar surface area (TPSA) is 47.9 Å². The molecular weight excluding hydrogens is 490 g/mol. The Kier molecular flexibility index (Phi) is 4.83. The number of ether oxygens (including phenoxy) is 1. The molecule has 0 saturated carbocycles. The van der Waals surface area contributed by atoms with E-state index < -0.39 is 5.41 Å². The molecule has 0 amide bonds. The Labute approximate surface area is 233 Å². The summed E-state index contributed by atoms with van der Waals surface area (Å²) in [6, 6.07) is 41.1. The maximum Gasteiger partial charge on any atom is 0.163 e. The molecule has 0 bridgehead atoms. The van der Waals surface area contributed by atoms with Crippen molar-refractivity contribution in [2.75, 3.05) is 0 Å². The second-order valence-electron chi connectivity index (χ2n) is 10.4. The summed E-state index contributed by atoms with van der Waals surface area (Å²) >= 11 is 0. The molecular formula is C36H25N3O. The zero-order valence-corrected chi connectivity index (χ0v) is 22.2. The number of para-hydroxylation sites is 2. The molecule has 2 heterocycles. The number of rotatable bonds is 2. The first kappa shape index (κ1) is 22.9. The van der Waals surface area contributed by atoms with Gasteiger partial charge in [0.2, 0.25) is 0 Å². The van der Waals surface area contributed by atoms with Crippen molar-refractivity contribution in [2.24, 2.45) is 0 Å². The molecule has 0 fully saturated rings. The van der Waals surface area contributed by atoms with Gasteiger partial charge < -0.3 is 4.74 Å². The Morgan fingerprint density at radius 3 is 1.68 bits per heavy atom. The molecule has 5 aromatic carbocycles. The Morgan fingerprint density at radius 1 is 0.475 bits per heavy atom. The molecule has 1 aromatic heterocycles. The van der Waals surface area contributed by atoms with Gasteiger partial charge in [-0.2, -0.15) is 0 Å². The number of hydrogen-bond donors (Lipinski definition) is 0. The highest BCUT2D eigenvalue weighted by Gasteiger charge is 2.51. The maximum atomic E-state index is 6.46. The molecule has 0 radical (unpaired) electrons. The fourth-order valence-corrected chi connectivity index (χ4v) is 6.69. The van der Waals surface area contributed by atoms with Gasteiger partial charge in [-0.3, -0.25) is 0 Å². The van der Waals surface area contributed by atoms with E-state index in [9.17, 15) is 0 Å². The fraction of sp³-hybridized carbons (Fsp3) is 0.0833. The first-order valence-electron chi connectivity index (χ1n) is 13.5. The SMILES string of the molecule is Cc1nc(C)nc(-c2ccc(-c3cccc4c3-c3ccccc3C43c4ccccc4Oc4ccccc43)cc2)n1. The summed E-state index contributed by atoms with van der Waals surface area (Å²) in [6.45, 7) is 3.80. The number of fused-ring (bicyclic) bond motifs is 9. The smallest absolute Gasteiger partial charge is 0.163 e. The summed E-state index contributed by atoms with van der Waals surface area (Å²) in [6.07, 6.45) is 0. The molecule has 0 saturated heterocycles. The van der Waals surface area contributed by atoms with Gasteiger partial charge in [0.05, 0.1) is 5.41 Å². The molecule has 2 aliphatic rings. The average molecular weight is 516 g/mol. The van der Waals surface area contributed by atoms with Crippen molar-refractivity contribution < 1.29 is 4.74 Å². The van der Waals surface area contributed by atoms with Crippen LogP contribution in [0.2, 0.25) is 0 Å². The first-order chi connectivity index (χ1) is 19.6. The molecule has 4 heteroatoms. The van der Waals surface area contributed by atoms with E-state index in [1.807, 2.05) is 13.8 Å². The molecule has 1 aliphatic heterocycles. The normalized spacial score (nSPS) is 13.7. The second kappa shape index (κ2) is 8.45. The van der Waals surface area contributed by atoms with Crippen LogP contribution in [0.1, 0.15) is 33.9 Å². The quantitative estimate of drug-likeness (QED) is 0.232. The fourth-order valence-electron chi connectivity index (χ4n) is 6.69. The van der Waals surface area contributed by atoms with Crippen LogP contribution < -0.4 is 4.74 Å². The summed E-state index contributed by atoms with van der Waals surface area (Å²) in [5, 5.41) is 0. The lowest BCUT2D eigenvalue weighted by Gasteiger charge is -2.39. The highest BCUT2D eigenvalue weighted by Crippen LogP contribution is 2.63. The largest absolute Gasteiger partial charge is 0.457 e. The van der Waals surface area contributed by atoms with Crippen LogP contribution in [0.15, 0.2) is 115 Å². The number of hydrogen-bond acceptors (Lipinski definition) is 4. The summed E-state index contributed by atoms with van der Waals surface area (Å²) in [5.41, 5.74) is 10.3. The van der Waals surface area contributed by atoms with Crippen LogP contribution in [0.25, 0.3) is 33.6 Å². The van der Waals surface area contributed by atoms with E-state index in [0.717, 1.165) is 34.3 Å². The van der Waals surface area contributed by atoms with Crippen LogP contribution in [-0.4, -0.2) is 15.0 Å². The van der Waals surface area contributed by atoms with Gasteiger partial charge in [-0.15, -0.1) is 0 Å². The van der Waals surface area contributed by atoms with E-state index in [-0.39, 0.29) is 0 Å². The Morgan fingerprint density at radius 2 is 1.00 bits per heavy atom. The van der Waals surface area contributed by atoms with Crippen molar-refractivity contribution in [1.82, 2.24) is 15.0 Å². The van der Waals surface area contributed by atoms with Gasteiger partial charge in [-0.25, -0.2) is 15.0 Å². The summed E-state index contributed by atoms with van der Waals surface area (Å²) in [4.78, 5) is 13.4. The van der Waals surface area contributed by atoms with E-state index in [1.165, 1.54) is 38.9 Å². The highest BCUT2D eigenvalue weighted by atomic mass is 16.5. The molecule has 0 unspecified atom stereocenters.